The summed E-state index contributed by atoms with van der Waals surface area (Å²) in [5.41, 5.74) is 1.41. The van der Waals surface area contributed by atoms with Crippen molar-refractivity contribution in [2.75, 3.05) is 20.3 Å². The van der Waals surface area contributed by atoms with Crippen molar-refractivity contribution in [1.82, 2.24) is 4.31 Å². The number of benzene rings is 1. The van der Waals surface area contributed by atoms with Gasteiger partial charge >= 0.3 is 5.97 Å². The minimum atomic E-state index is -3.87. The minimum absolute atomic E-state index is 0.0450. The first-order valence-electron chi connectivity index (χ1n) is 7.70. The quantitative estimate of drug-likeness (QED) is 0.617. The molecule has 0 spiro atoms. The fraction of sp³-hybridized carbons (Fsp3) is 0.412. The maximum absolute atomic E-state index is 13.0. The Morgan fingerprint density at radius 2 is 2.08 bits per heavy atom. The molecule has 8 heteroatoms. The van der Waals surface area contributed by atoms with Crippen LogP contribution in [0.5, 0.6) is 0 Å². The predicted molar refractivity (Wildman–Crippen MR) is 89.8 cm³/mol. The zero-order valence-corrected chi connectivity index (χ0v) is 14.9. The van der Waals surface area contributed by atoms with E-state index in [1.165, 1.54) is 25.3 Å². The SMILES string of the molecule is COC(=O)C[C@H]1/C(=C\C#N)CN(S(=O)(=O)c2ccc(C)cc2)[C@@H]1CO. The molecular formula is C17H20N2O5S. The molecule has 7 nitrogen and oxygen atoms in total. The third-order valence-corrected chi connectivity index (χ3v) is 6.21. The van der Waals surface area contributed by atoms with Gasteiger partial charge in [0.25, 0.3) is 0 Å². The maximum atomic E-state index is 13.0. The third-order valence-electron chi connectivity index (χ3n) is 4.33. The fourth-order valence-corrected chi connectivity index (χ4v) is 4.59. The van der Waals surface area contributed by atoms with Crippen LogP contribution < -0.4 is 0 Å². The number of aliphatic hydroxyl groups is 1. The summed E-state index contributed by atoms with van der Waals surface area (Å²) >= 11 is 0. The van der Waals surface area contributed by atoms with Crippen LogP contribution in [0, 0.1) is 24.2 Å². The van der Waals surface area contributed by atoms with Crippen LogP contribution in [0.4, 0.5) is 0 Å². The van der Waals surface area contributed by atoms with E-state index in [0.717, 1.165) is 9.87 Å². The minimum Gasteiger partial charge on any atom is -0.469 e. The van der Waals surface area contributed by atoms with Crippen molar-refractivity contribution in [2.24, 2.45) is 5.92 Å². The lowest BCUT2D eigenvalue weighted by Crippen LogP contribution is -2.40. The molecule has 0 saturated carbocycles. The number of hydrogen-bond donors (Lipinski definition) is 1. The van der Waals surface area contributed by atoms with Crippen LogP contribution in [-0.4, -0.2) is 50.1 Å². The van der Waals surface area contributed by atoms with E-state index in [2.05, 4.69) is 4.74 Å². The van der Waals surface area contributed by atoms with Gasteiger partial charge in [0.15, 0.2) is 0 Å². The second-order valence-corrected chi connectivity index (χ2v) is 7.74. The number of carbonyl (C=O) groups excluding carboxylic acids is 1. The number of rotatable bonds is 5. The smallest absolute Gasteiger partial charge is 0.306 e. The molecule has 1 aromatic rings. The van der Waals surface area contributed by atoms with Gasteiger partial charge in [-0.05, 0) is 24.6 Å². The Balaban J connectivity index is 2.43. The van der Waals surface area contributed by atoms with Gasteiger partial charge in [-0.15, -0.1) is 0 Å². The number of sulfonamides is 1. The first-order chi connectivity index (χ1) is 11.8. The highest BCUT2D eigenvalue weighted by atomic mass is 32.2. The summed E-state index contributed by atoms with van der Waals surface area (Å²) < 4.78 is 31.7. The van der Waals surface area contributed by atoms with Crippen molar-refractivity contribution < 1.29 is 23.1 Å². The molecule has 0 unspecified atom stereocenters. The Kier molecular flexibility index (Phi) is 5.95. The van der Waals surface area contributed by atoms with E-state index in [1.807, 2.05) is 13.0 Å². The van der Waals surface area contributed by atoms with Gasteiger partial charge in [-0.1, -0.05) is 17.7 Å². The third kappa shape index (κ3) is 3.90. The highest BCUT2D eigenvalue weighted by Gasteiger charge is 2.44. The Hall–Kier alpha value is -2.21. The topological polar surface area (TPSA) is 108 Å². The molecule has 0 amide bonds. The second-order valence-electron chi connectivity index (χ2n) is 5.85. The van der Waals surface area contributed by atoms with Crippen molar-refractivity contribution >= 4 is 16.0 Å². The van der Waals surface area contributed by atoms with Crippen molar-refractivity contribution in [1.29, 1.82) is 5.26 Å². The van der Waals surface area contributed by atoms with Crippen LogP contribution in [0.2, 0.25) is 0 Å². The molecule has 1 aliphatic rings. The number of hydrogen-bond acceptors (Lipinski definition) is 6. The van der Waals surface area contributed by atoms with Crippen LogP contribution in [0.25, 0.3) is 0 Å². The molecule has 0 aromatic heterocycles. The van der Waals surface area contributed by atoms with Crippen LogP contribution in [0.1, 0.15) is 12.0 Å². The molecule has 0 radical (unpaired) electrons. The van der Waals surface area contributed by atoms with E-state index in [-0.39, 0.29) is 17.9 Å². The molecule has 0 bridgehead atoms. The number of aryl methyl sites for hydroxylation is 1. The zero-order chi connectivity index (χ0) is 18.6. The molecule has 1 saturated heterocycles. The van der Waals surface area contributed by atoms with E-state index in [1.54, 1.807) is 12.1 Å². The first-order valence-corrected chi connectivity index (χ1v) is 9.14. The number of methoxy groups -OCH3 is 1. The number of nitrogens with zero attached hydrogens (tertiary/aromatic N) is 2. The standard InChI is InChI=1S/C17H20N2O5S/c1-12-3-5-14(6-4-12)25(22,23)19-10-13(7-8-18)15(16(19)11-20)9-17(21)24-2/h3-7,15-16,20H,9-11H2,1-2H3/b13-7-/t15-,16+/m0/s1. The molecule has 1 N–H and O–H groups in total. The Bertz CT molecular complexity index is 808. The average molecular weight is 364 g/mol. The summed E-state index contributed by atoms with van der Waals surface area (Å²) in [6.45, 7) is 1.34. The lowest BCUT2D eigenvalue weighted by molar-refractivity contribution is -0.141. The summed E-state index contributed by atoms with van der Waals surface area (Å²) in [6, 6.07) is 7.43. The number of carbonyl (C=O) groups is 1. The van der Waals surface area contributed by atoms with Crippen molar-refractivity contribution in [3.05, 3.63) is 41.5 Å². The molecule has 134 valence electrons. The van der Waals surface area contributed by atoms with E-state index in [4.69, 9.17) is 5.26 Å². The van der Waals surface area contributed by atoms with Crippen LogP contribution in [0.3, 0.4) is 0 Å². The van der Waals surface area contributed by atoms with Gasteiger partial charge in [0.2, 0.25) is 10.0 Å². The van der Waals surface area contributed by atoms with Gasteiger partial charge in [0.1, 0.15) is 0 Å². The fourth-order valence-electron chi connectivity index (χ4n) is 2.96. The van der Waals surface area contributed by atoms with Gasteiger partial charge in [0, 0.05) is 18.5 Å². The highest BCUT2D eigenvalue weighted by molar-refractivity contribution is 7.89. The summed E-state index contributed by atoms with van der Waals surface area (Å²) in [4.78, 5) is 11.8. The van der Waals surface area contributed by atoms with E-state index in [9.17, 15) is 18.3 Å². The number of allylic oxidation sites excluding steroid dienone is 1. The lowest BCUT2D eigenvalue weighted by Gasteiger charge is -2.25. The molecule has 1 fully saturated rings. The van der Waals surface area contributed by atoms with Gasteiger partial charge in [-0.25, -0.2) is 8.42 Å². The first kappa shape index (κ1) is 19.1. The highest BCUT2D eigenvalue weighted by Crippen LogP contribution is 2.36. The second kappa shape index (κ2) is 7.78. The normalized spacial score (nSPS) is 22.7. The molecule has 1 aliphatic heterocycles. The Morgan fingerprint density at radius 1 is 1.44 bits per heavy atom. The van der Waals surface area contributed by atoms with Gasteiger partial charge < -0.3 is 9.84 Å². The average Bonchev–Trinajstić information content (AvgIpc) is 2.93. The molecule has 1 heterocycles. The number of nitriles is 1. The number of ether oxygens (including phenoxy) is 1. The van der Waals surface area contributed by atoms with Gasteiger partial charge in [0.05, 0.1) is 37.1 Å². The molecule has 1 aromatic carbocycles. The van der Waals surface area contributed by atoms with Crippen molar-refractivity contribution in [2.45, 2.75) is 24.3 Å². The van der Waals surface area contributed by atoms with E-state index < -0.39 is 34.6 Å². The van der Waals surface area contributed by atoms with Crippen molar-refractivity contribution in [3.63, 3.8) is 0 Å². The van der Waals surface area contributed by atoms with Gasteiger partial charge in [-0.3, -0.25) is 4.79 Å². The maximum Gasteiger partial charge on any atom is 0.306 e. The molecule has 25 heavy (non-hydrogen) atoms. The molecule has 2 rings (SSSR count). The van der Waals surface area contributed by atoms with E-state index >= 15 is 0 Å². The summed E-state index contributed by atoms with van der Waals surface area (Å²) in [5.74, 6) is -1.13. The van der Waals surface area contributed by atoms with Crippen LogP contribution >= 0.6 is 0 Å². The van der Waals surface area contributed by atoms with Crippen LogP contribution in [-0.2, 0) is 19.6 Å². The lowest BCUT2D eigenvalue weighted by atomic mass is 9.93. The number of aliphatic hydroxyl groups excluding tert-OH is 1. The zero-order valence-electron chi connectivity index (χ0n) is 14.0. The summed E-state index contributed by atoms with van der Waals surface area (Å²) in [6.07, 6.45) is 1.14. The molecule has 2 atom stereocenters. The Morgan fingerprint density at radius 3 is 2.60 bits per heavy atom. The van der Waals surface area contributed by atoms with Crippen molar-refractivity contribution in [3.8, 4) is 6.07 Å². The summed E-state index contributed by atoms with van der Waals surface area (Å²) in [7, 11) is -2.64. The van der Waals surface area contributed by atoms with Crippen LogP contribution in [0.15, 0.2) is 40.8 Å². The molecular weight excluding hydrogens is 344 g/mol. The van der Waals surface area contributed by atoms with Gasteiger partial charge in [-0.2, -0.15) is 9.57 Å². The molecule has 0 aliphatic carbocycles. The summed E-state index contributed by atoms with van der Waals surface area (Å²) in [5, 5.41) is 18.7. The largest absolute Gasteiger partial charge is 0.469 e. The monoisotopic (exact) mass is 364 g/mol. The Labute approximate surface area is 147 Å². The predicted octanol–water partition coefficient (Wildman–Crippen LogP) is 0.990. The number of esters is 1. The van der Waals surface area contributed by atoms with E-state index in [0.29, 0.717) is 5.57 Å².